The van der Waals surface area contributed by atoms with Gasteiger partial charge < -0.3 is 10.4 Å². The van der Waals surface area contributed by atoms with Crippen LogP contribution in [0.5, 0.6) is 0 Å². The Hall–Kier alpha value is -1.44. The summed E-state index contributed by atoms with van der Waals surface area (Å²) in [6, 6.07) is 5.95. The molecule has 20 heavy (non-hydrogen) atoms. The van der Waals surface area contributed by atoms with Crippen LogP contribution in [0.25, 0.3) is 0 Å². The first-order chi connectivity index (χ1) is 9.44. The molecule has 0 spiro atoms. The van der Waals surface area contributed by atoms with E-state index in [-0.39, 0.29) is 11.3 Å². The smallest absolute Gasteiger partial charge is 0.335 e. The second kappa shape index (κ2) is 7.98. The minimum absolute atomic E-state index is 0.0878. The molecule has 0 aliphatic rings. The van der Waals surface area contributed by atoms with Crippen molar-refractivity contribution in [1.82, 2.24) is 10.0 Å². The molecule has 0 aromatic heterocycles. The molecule has 112 valence electrons. The molecule has 0 unspecified atom stereocenters. The summed E-state index contributed by atoms with van der Waals surface area (Å²) in [6.07, 6.45) is 0.711. The van der Waals surface area contributed by atoms with E-state index >= 15 is 0 Å². The maximum atomic E-state index is 11.8. The van der Waals surface area contributed by atoms with E-state index in [9.17, 15) is 13.2 Å². The van der Waals surface area contributed by atoms with Gasteiger partial charge in [0.1, 0.15) is 0 Å². The van der Waals surface area contributed by atoms with Crippen molar-refractivity contribution < 1.29 is 18.3 Å². The van der Waals surface area contributed by atoms with Gasteiger partial charge in [-0.15, -0.1) is 0 Å². The molecule has 0 aliphatic carbocycles. The predicted molar refractivity (Wildman–Crippen MR) is 77.2 cm³/mol. The van der Waals surface area contributed by atoms with E-state index in [1.54, 1.807) is 12.1 Å². The van der Waals surface area contributed by atoms with Crippen LogP contribution in [0.1, 0.15) is 29.3 Å². The Bertz CT molecular complexity index is 543. The molecule has 0 saturated carbocycles. The SMILES string of the molecule is CCNCCCNS(=O)(=O)Cc1cccc(C(=O)O)c1. The van der Waals surface area contributed by atoms with Crippen LogP contribution in [-0.2, 0) is 15.8 Å². The third-order valence-corrected chi connectivity index (χ3v) is 3.99. The van der Waals surface area contributed by atoms with E-state index < -0.39 is 16.0 Å². The monoisotopic (exact) mass is 300 g/mol. The normalized spacial score (nSPS) is 11.4. The van der Waals surface area contributed by atoms with Gasteiger partial charge in [0.05, 0.1) is 11.3 Å². The Labute approximate surface area is 119 Å². The lowest BCUT2D eigenvalue weighted by Gasteiger charge is -2.07. The van der Waals surface area contributed by atoms with E-state index in [0.29, 0.717) is 18.5 Å². The Morgan fingerprint density at radius 3 is 2.70 bits per heavy atom. The fourth-order valence-corrected chi connectivity index (χ4v) is 2.86. The lowest BCUT2D eigenvalue weighted by atomic mass is 10.1. The summed E-state index contributed by atoms with van der Waals surface area (Å²) >= 11 is 0. The van der Waals surface area contributed by atoms with Gasteiger partial charge in [0.15, 0.2) is 0 Å². The minimum atomic E-state index is -3.43. The van der Waals surface area contributed by atoms with E-state index in [1.807, 2.05) is 6.92 Å². The van der Waals surface area contributed by atoms with Crippen LogP contribution in [0.3, 0.4) is 0 Å². The number of nitrogens with one attached hydrogen (secondary N) is 2. The summed E-state index contributed by atoms with van der Waals surface area (Å²) in [6.45, 7) is 3.97. The zero-order valence-electron chi connectivity index (χ0n) is 11.4. The molecule has 0 fully saturated rings. The molecule has 7 heteroatoms. The average molecular weight is 300 g/mol. The van der Waals surface area contributed by atoms with Crippen molar-refractivity contribution >= 4 is 16.0 Å². The molecule has 0 heterocycles. The molecule has 0 radical (unpaired) electrons. The fraction of sp³-hybridized carbons (Fsp3) is 0.462. The van der Waals surface area contributed by atoms with Crippen molar-refractivity contribution in [2.24, 2.45) is 0 Å². The molecule has 1 aromatic carbocycles. The molecule has 6 nitrogen and oxygen atoms in total. The largest absolute Gasteiger partial charge is 0.478 e. The topological polar surface area (TPSA) is 95.5 Å². The van der Waals surface area contributed by atoms with Crippen molar-refractivity contribution in [2.45, 2.75) is 19.1 Å². The number of aromatic carboxylic acids is 1. The highest BCUT2D eigenvalue weighted by atomic mass is 32.2. The summed E-state index contributed by atoms with van der Waals surface area (Å²) in [4.78, 5) is 10.8. The number of benzene rings is 1. The van der Waals surface area contributed by atoms with Gasteiger partial charge in [-0.05, 0) is 37.2 Å². The lowest BCUT2D eigenvalue weighted by molar-refractivity contribution is 0.0696. The van der Waals surface area contributed by atoms with Crippen molar-refractivity contribution in [3.8, 4) is 0 Å². The number of carboxylic acids is 1. The van der Waals surface area contributed by atoms with E-state index in [1.165, 1.54) is 12.1 Å². The van der Waals surface area contributed by atoms with Crippen molar-refractivity contribution in [2.75, 3.05) is 19.6 Å². The maximum absolute atomic E-state index is 11.8. The van der Waals surface area contributed by atoms with Gasteiger partial charge in [0.25, 0.3) is 0 Å². The Morgan fingerprint density at radius 1 is 1.30 bits per heavy atom. The fourth-order valence-electron chi connectivity index (χ4n) is 1.68. The van der Waals surface area contributed by atoms with Crippen LogP contribution in [-0.4, -0.2) is 39.1 Å². The molecule has 0 atom stereocenters. The number of carboxylic acid groups (broad SMARTS) is 1. The molecule has 0 aliphatic heterocycles. The molecule has 1 aromatic rings. The van der Waals surface area contributed by atoms with Gasteiger partial charge in [0, 0.05) is 6.54 Å². The van der Waals surface area contributed by atoms with Gasteiger partial charge in [0.2, 0.25) is 10.0 Å². The number of carbonyl (C=O) groups is 1. The van der Waals surface area contributed by atoms with Crippen molar-refractivity contribution in [3.05, 3.63) is 35.4 Å². The molecule has 3 N–H and O–H groups in total. The average Bonchev–Trinajstić information content (AvgIpc) is 2.38. The van der Waals surface area contributed by atoms with Crippen LogP contribution in [0.2, 0.25) is 0 Å². The quantitative estimate of drug-likeness (QED) is 0.586. The summed E-state index contributed by atoms with van der Waals surface area (Å²) in [7, 11) is -3.43. The number of rotatable bonds is 9. The van der Waals surface area contributed by atoms with Gasteiger partial charge in [-0.3, -0.25) is 0 Å². The van der Waals surface area contributed by atoms with Gasteiger partial charge in [-0.25, -0.2) is 17.9 Å². The molecule has 1 rings (SSSR count). The number of hydrogen-bond donors (Lipinski definition) is 3. The summed E-state index contributed by atoms with van der Waals surface area (Å²) in [5, 5.41) is 12.0. The zero-order chi connectivity index (χ0) is 15.0. The predicted octanol–water partition coefficient (Wildman–Crippen LogP) is 0.804. The van der Waals surface area contributed by atoms with Crippen LogP contribution < -0.4 is 10.0 Å². The molecular weight excluding hydrogens is 280 g/mol. The van der Waals surface area contributed by atoms with Crippen LogP contribution >= 0.6 is 0 Å². The molecule has 0 amide bonds. The van der Waals surface area contributed by atoms with Gasteiger partial charge in [-0.2, -0.15) is 0 Å². The summed E-state index contributed by atoms with van der Waals surface area (Å²) < 4.78 is 26.2. The second-order valence-corrected chi connectivity index (χ2v) is 6.17. The molecular formula is C13H20N2O4S. The summed E-state index contributed by atoms with van der Waals surface area (Å²) in [5.41, 5.74) is 0.550. The first-order valence-corrected chi connectivity index (χ1v) is 8.10. The minimum Gasteiger partial charge on any atom is -0.478 e. The second-order valence-electron chi connectivity index (χ2n) is 4.37. The molecule has 0 bridgehead atoms. The van der Waals surface area contributed by atoms with Crippen LogP contribution in [0.4, 0.5) is 0 Å². The van der Waals surface area contributed by atoms with Crippen molar-refractivity contribution in [3.63, 3.8) is 0 Å². The lowest BCUT2D eigenvalue weighted by Crippen LogP contribution is -2.28. The molecule has 0 saturated heterocycles. The van der Waals surface area contributed by atoms with E-state index in [2.05, 4.69) is 10.0 Å². The third-order valence-electron chi connectivity index (χ3n) is 2.63. The van der Waals surface area contributed by atoms with Crippen LogP contribution in [0.15, 0.2) is 24.3 Å². The standard InChI is InChI=1S/C13H20N2O4S/c1-2-14-7-4-8-15-20(18,19)10-11-5-3-6-12(9-11)13(16)17/h3,5-6,9,14-15H,2,4,7-8,10H2,1H3,(H,16,17). The Morgan fingerprint density at radius 2 is 2.05 bits per heavy atom. The highest BCUT2D eigenvalue weighted by molar-refractivity contribution is 7.88. The van der Waals surface area contributed by atoms with Crippen LogP contribution in [0, 0.1) is 0 Å². The summed E-state index contributed by atoms with van der Waals surface area (Å²) in [5.74, 6) is -1.28. The zero-order valence-corrected chi connectivity index (χ0v) is 12.2. The number of sulfonamides is 1. The maximum Gasteiger partial charge on any atom is 0.335 e. The highest BCUT2D eigenvalue weighted by Gasteiger charge is 2.12. The van der Waals surface area contributed by atoms with Gasteiger partial charge >= 0.3 is 5.97 Å². The highest BCUT2D eigenvalue weighted by Crippen LogP contribution is 2.08. The first kappa shape index (κ1) is 16.6. The first-order valence-electron chi connectivity index (χ1n) is 6.45. The number of hydrogen-bond acceptors (Lipinski definition) is 4. The van der Waals surface area contributed by atoms with E-state index in [4.69, 9.17) is 5.11 Å². The van der Waals surface area contributed by atoms with Crippen molar-refractivity contribution in [1.29, 1.82) is 0 Å². The third kappa shape index (κ3) is 6.14. The van der Waals surface area contributed by atoms with Gasteiger partial charge in [-0.1, -0.05) is 19.1 Å². The Kier molecular flexibility index (Phi) is 6.63. The Balaban J connectivity index is 2.53. The van der Waals surface area contributed by atoms with E-state index in [0.717, 1.165) is 13.1 Å².